The van der Waals surface area contributed by atoms with E-state index in [2.05, 4.69) is 5.10 Å². The van der Waals surface area contributed by atoms with Crippen LogP contribution in [0, 0.1) is 5.82 Å². The zero-order valence-corrected chi connectivity index (χ0v) is 20.4. The molecule has 3 aromatic rings. The molecule has 4 rings (SSSR count). The molecule has 0 bridgehead atoms. The number of alkyl halides is 6. The Kier molecular flexibility index (Phi) is 7.37. The van der Waals surface area contributed by atoms with Gasteiger partial charge in [0.05, 0.1) is 29.1 Å². The van der Waals surface area contributed by atoms with Gasteiger partial charge < -0.3 is 9.84 Å². The molecule has 0 aromatic heterocycles. The van der Waals surface area contributed by atoms with Crippen LogP contribution in [-0.2, 0) is 0 Å². The van der Waals surface area contributed by atoms with Crippen molar-refractivity contribution >= 4 is 23.0 Å². The highest BCUT2D eigenvalue weighted by Crippen LogP contribution is 2.49. The lowest BCUT2D eigenvalue weighted by Crippen LogP contribution is -2.62. The van der Waals surface area contributed by atoms with Crippen LogP contribution >= 0.6 is 11.6 Å². The lowest BCUT2D eigenvalue weighted by atomic mass is 9.89. The minimum atomic E-state index is -6.12. The monoisotopic (exact) mass is 560 g/mol. The lowest BCUT2D eigenvalue weighted by Gasteiger charge is -2.32. The third kappa shape index (κ3) is 4.92. The van der Waals surface area contributed by atoms with Gasteiger partial charge in [0.1, 0.15) is 11.6 Å². The second-order valence-corrected chi connectivity index (χ2v) is 8.87. The van der Waals surface area contributed by atoms with Crippen LogP contribution in [0.15, 0.2) is 71.8 Å². The van der Waals surface area contributed by atoms with Gasteiger partial charge in [-0.3, -0.25) is 5.01 Å². The summed E-state index contributed by atoms with van der Waals surface area (Å²) in [5, 5.41) is 14.3. The van der Waals surface area contributed by atoms with E-state index < -0.39 is 41.9 Å². The lowest BCUT2D eigenvalue weighted by molar-refractivity contribution is -0.338. The fourth-order valence-corrected chi connectivity index (χ4v) is 4.43. The van der Waals surface area contributed by atoms with Gasteiger partial charge >= 0.3 is 12.4 Å². The second-order valence-electron chi connectivity index (χ2n) is 8.47. The highest BCUT2D eigenvalue weighted by atomic mass is 35.5. The summed E-state index contributed by atoms with van der Waals surface area (Å²) in [4.78, 5) is 0. The van der Waals surface area contributed by atoms with Crippen LogP contribution in [-0.4, -0.2) is 35.4 Å². The Morgan fingerprint density at radius 2 is 1.61 bits per heavy atom. The standard InChI is InChI=1S/C26H20ClF7N2O2/c1-2-38-17-10-7-15(8-11-17)18-12-9-16(13-20(18)28)22-14-23(24(37,25(29,30)31)26(32,33)34)35-36(22)21-6-4-3-5-19(21)27/h3-13,22,37H,2,14H2,1H3. The van der Waals surface area contributed by atoms with E-state index in [1.165, 1.54) is 36.4 Å². The molecule has 1 N–H and O–H groups in total. The first-order chi connectivity index (χ1) is 17.8. The summed E-state index contributed by atoms with van der Waals surface area (Å²) in [6.07, 6.45) is -13.2. The van der Waals surface area contributed by atoms with Crippen LogP contribution in [0.25, 0.3) is 11.1 Å². The van der Waals surface area contributed by atoms with Crippen molar-refractivity contribution in [2.75, 3.05) is 11.6 Å². The first-order valence-electron chi connectivity index (χ1n) is 11.3. The molecule has 1 unspecified atom stereocenters. The molecule has 12 heteroatoms. The summed E-state index contributed by atoms with van der Waals surface area (Å²) >= 11 is 6.17. The molecule has 1 aliphatic heterocycles. The molecular weight excluding hydrogens is 541 g/mol. The van der Waals surface area contributed by atoms with Gasteiger partial charge in [0.15, 0.2) is 0 Å². The Labute approximate surface area is 217 Å². The molecule has 3 aromatic carbocycles. The minimum absolute atomic E-state index is 0.0168. The Morgan fingerprint density at radius 3 is 2.16 bits per heavy atom. The summed E-state index contributed by atoms with van der Waals surface area (Å²) in [6, 6.07) is 14.6. The second kappa shape index (κ2) is 10.1. The van der Waals surface area contributed by atoms with Gasteiger partial charge in [0.2, 0.25) is 0 Å². The van der Waals surface area contributed by atoms with Crippen molar-refractivity contribution in [3.05, 3.63) is 83.1 Å². The molecule has 0 saturated carbocycles. The molecule has 0 aliphatic carbocycles. The molecule has 1 heterocycles. The number of nitrogens with zero attached hydrogens (tertiary/aromatic N) is 2. The number of hydrazone groups is 1. The van der Waals surface area contributed by atoms with Crippen molar-refractivity contribution in [1.29, 1.82) is 0 Å². The van der Waals surface area contributed by atoms with E-state index in [0.29, 0.717) is 17.9 Å². The van der Waals surface area contributed by atoms with E-state index in [4.69, 9.17) is 16.3 Å². The molecule has 0 amide bonds. The van der Waals surface area contributed by atoms with Crippen LogP contribution in [0.5, 0.6) is 5.75 Å². The van der Waals surface area contributed by atoms with E-state index in [9.17, 15) is 31.4 Å². The van der Waals surface area contributed by atoms with Crippen LogP contribution in [0.4, 0.5) is 36.4 Å². The minimum Gasteiger partial charge on any atom is -0.494 e. The van der Waals surface area contributed by atoms with E-state index in [0.717, 1.165) is 11.1 Å². The first kappa shape index (κ1) is 27.7. The average Bonchev–Trinajstić information content (AvgIpc) is 3.28. The van der Waals surface area contributed by atoms with Crippen LogP contribution in [0.1, 0.15) is 24.9 Å². The predicted molar refractivity (Wildman–Crippen MR) is 129 cm³/mol. The van der Waals surface area contributed by atoms with Gasteiger partial charge in [-0.25, -0.2) is 4.39 Å². The van der Waals surface area contributed by atoms with E-state index in [1.807, 2.05) is 0 Å². The van der Waals surface area contributed by atoms with Crippen LogP contribution < -0.4 is 9.75 Å². The van der Waals surface area contributed by atoms with Gasteiger partial charge in [0, 0.05) is 12.0 Å². The molecule has 1 atom stereocenters. The summed E-state index contributed by atoms with van der Waals surface area (Å²) in [5.41, 5.74) is -6.15. The zero-order chi connectivity index (χ0) is 27.9. The smallest absolute Gasteiger partial charge is 0.431 e. The topological polar surface area (TPSA) is 45.1 Å². The van der Waals surface area contributed by atoms with E-state index in [1.54, 1.807) is 31.2 Å². The fraction of sp³-hybridized carbons (Fsp3) is 0.269. The molecule has 202 valence electrons. The van der Waals surface area contributed by atoms with Gasteiger partial charge in [-0.2, -0.15) is 31.4 Å². The van der Waals surface area contributed by atoms with Gasteiger partial charge in [-0.1, -0.05) is 48.0 Å². The molecule has 1 aliphatic rings. The fourth-order valence-electron chi connectivity index (χ4n) is 4.21. The summed E-state index contributed by atoms with van der Waals surface area (Å²) in [6.45, 7) is 2.24. The van der Waals surface area contributed by atoms with Crippen molar-refractivity contribution in [2.45, 2.75) is 37.3 Å². The number of rotatable bonds is 6. The zero-order valence-electron chi connectivity index (χ0n) is 19.6. The Balaban J connectivity index is 1.77. The normalized spacial score (nSPS) is 16.5. The molecule has 0 fully saturated rings. The molecular formula is C26H20ClF7N2O2. The number of hydrogen-bond donors (Lipinski definition) is 1. The van der Waals surface area contributed by atoms with E-state index in [-0.39, 0.29) is 21.8 Å². The number of ether oxygens (including phenoxy) is 1. The van der Waals surface area contributed by atoms with Gasteiger partial charge in [0.25, 0.3) is 5.60 Å². The number of anilines is 1. The molecule has 4 nitrogen and oxygen atoms in total. The summed E-state index contributed by atoms with van der Waals surface area (Å²) in [7, 11) is 0. The van der Waals surface area contributed by atoms with Crippen molar-refractivity contribution in [2.24, 2.45) is 5.10 Å². The SMILES string of the molecule is CCOc1ccc(-c2ccc(C3CC(C(O)(C(F)(F)F)C(F)(F)F)=NN3c3ccccc3Cl)cc2F)cc1. The average molecular weight is 561 g/mol. The van der Waals surface area contributed by atoms with Gasteiger partial charge in [-0.05, 0) is 48.4 Å². The maximum absolute atomic E-state index is 15.2. The van der Waals surface area contributed by atoms with Gasteiger partial charge in [-0.15, -0.1) is 0 Å². The maximum atomic E-state index is 15.2. The number of aliphatic hydroxyl groups is 1. The molecule has 38 heavy (non-hydrogen) atoms. The Morgan fingerprint density at radius 1 is 0.974 bits per heavy atom. The first-order valence-corrected chi connectivity index (χ1v) is 11.7. The molecule has 0 radical (unpaired) electrons. The highest BCUT2D eigenvalue weighted by molar-refractivity contribution is 6.33. The molecule has 0 spiro atoms. The summed E-state index contributed by atoms with van der Waals surface area (Å²) in [5.74, 6) is -0.192. The number of halogens is 8. The van der Waals surface area contributed by atoms with Crippen molar-refractivity contribution < 1.29 is 40.6 Å². The third-order valence-electron chi connectivity index (χ3n) is 6.10. The maximum Gasteiger partial charge on any atom is 0.431 e. The Bertz CT molecular complexity index is 1330. The van der Waals surface area contributed by atoms with Crippen molar-refractivity contribution in [1.82, 2.24) is 0 Å². The Hall–Kier alpha value is -3.31. The van der Waals surface area contributed by atoms with Crippen molar-refractivity contribution in [3.63, 3.8) is 0 Å². The largest absolute Gasteiger partial charge is 0.494 e. The van der Waals surface area contributed by atoms with Crippen LogP contribution in [0.3, 0.4) is 0 Å². The highest BCUT2D eigenvalue weighted by Gasteiger charge is 2.74. The van der Waals surface area contributed by atoms with Crippen molar-refractivity contribution in [3.8, 4) is 16.9 Å². The third-order valence-corrected chi connectivity index (χ3v) is 6.42. The summed E-state index contributed by atoms with van der Waals surface area (Å²) < 4.78 is 102. The molecule has 0 saturated heterocycles. The van der Waals surface area contributed by atoms with Crippen LogP contribution in [0.2, 0.25) is 5.02 Å². The predicted octanol–water partition coefficient (Wildman–Crippen LogP) is 7.71. The quantitative estimate of drug-likeness (QED) is 0.314. The number of benzene rings is 3. The van der Waals surface area contributed by atoms with E-state index >= 15 is 4.39 Å². The number of hydrogen-bond acceptors (Lipinski definition) is 4. The number of para-hydroxylation sites is 1.